The van der Waals surface area contributed by atoms with Crippen LogP contribution >= 0.6 is 0 Å². The Labute approximate surface area is 108 Å². The lowest BCUT2D eigenvalue weighted by Crippen LogP contribution is -2.39. The highest BCUT2D eigenvalue weighted by Crippen LogP contribution is 2.16. The standard InChI is InChI=1S/C11H20N4O2S/c1-14-8-11(13-9-14)18(16,17)15(2)7-10-4-3-5-12-6-10/h8-10,12H,3-7H2,1-2H3. The van der Waals surface area contributed by atoms with Crippen LogP contribution in [0.2, 0.25) is 0 Å². The number of sulfonamides is 1. The lowest BCUT2D eigenvalue weighted by Gasteiger charge is -2.26. The highest BCUT2D eigenvalue weighted by atomic mass is 32.2. The zero-order valence-corrected chi connectivity index (χ0v) is 11.7. The Bertz CT molecular complexity index is 491. The highest BCUT2D eigenvalue weighted by molar-refractivity contribution is 7.89. The molecule has 2 heterocycles. The van der Waals surface area contributed by atoms with Gasteiger partial charge in [0, 0.05) is 26.8 Å². The van der Waals surface area contributed by atoms with Crippen molar-refractivity contribution in [1.82, 2.24) is 19.2 Å². The first-order valence-corrected chi connectivity index (χ1v) is 7.59. The van der Waals surface area contributed by atoms with Crippen LogP contribution in [0, 0.1) is 5.92 Å². The molecule has 7 heteroatoms. The maximum atomic E-state index is 12.2. The normalized spacial score (nSPS) is 21.4. The summed E-state index contributed by atoms with van der Waals surface area (Å²) < 4.78 is 27.5. The Morgan fingerprint density at radius 1 is 1.61 bits per heavy atom. The van der Waals surface area contributed by atoms with Crippen LogP contribution in [0.25, 0.3) is 0 Å². The van der Waals surface area contributed by atoms with Gasteiger partial charge in [-0.1, -0.05) is 0 Å². The Kier molecular flexibility index (Phi) is 4.04. The second kappa shape index (κ2) is 5.38. The quantitative estimate of drug-likeness (QED) is 0.840. The summed E-state index contributed by atoms with van der Waals surface area (Å²) >= 11 is 0. The zero-order chi connectivity index (χ0) is 13.2. The minimum atomic E-state index is -3.44. The lowest BCUT2D eigenvalue weighted by molar-refractivity contribution is 0.314. The number of aryl methyl sites for hydroxylation is 1. The van der Waals surface area contributed by atoms with Crippen molar-refractivity contribution in [1.29, 1.82) is 0 Å². The third-order valence-corrected chi connectivity index (χ3v) is 4.98. The molecule has 1 aliphatic heterocycles. The summed E-state index contributed by atoms with van der Waals surface area (Å²) in [6.07, 6.45) is 5.23. The van der Waals surface area contributed by atoms with Gasteiger partial charge in [0.25, 0.3) is 10.0 Å². The predicted molar refractivity (Wildman–Crippen MR) is 68.6 cm³/mol. The molecule has 0 aliphatic carbocycles. The van der Waals surface area contributed by atoms with Crippen molar-refractivity contribution >= 4 is 10.0 Å². The van der Waals surface area contributed by atoms with Crippen molar-refractivity contribution in [3.8, 4) is 0 Å². The van der Waals surface area contributed by atoms with Gasteiger partial charge in [-0.2, -0.15) is 4.31 Å². The summed E-state index contributed by atoms with van der Waals surface area (Å²) in [6, 6.07) is 0. The van der Waals surface area contributed by atoms with Gasteiger partial charge in [0.1, 0.15) is 0 Å². The third kappa shape index (κ3) is 2.90. The summed E-state index contributed by atoms with van der Waals surface area (Å²) in [7, 11) is -0.0593. The van der Waals surface area contributed by atoms with E-state index in [9.17, 15) is 8.42 Å². The monoisotopic (exact) mass is 272 g/mol. The van der Waals surface area contributed by atoms with Crippen molar-refractivity contribution < 1.29 is 8.42 Å². The number of piperidine rings is 1. The number of hydrogen-bond donors (Lipinski definition) is 1. The molecule has 2 rings (SSSR count). The van der Waals surface area contributed by atoms with Gasteiger partial charge in [0.05, 0.1) is 6.33 Å². The molecule has 0 saturated carbocycles. The summed E-state index contributed by atoms with van der Waals surface area (Å²) in [5.41, 5.74) is 0. The van der Waals surface area contributed by atoms with E-state index < -0.39 is 10.0 Å². The Morgan fingerprint density at radius 3 is 2.94 bits per heavy atom. The third-order valence-electron chi connectivity index (χ3n) is 3.27. The summed E-state index contributed by atoms with van der Waals surface area (Å²) in [6.45, 7) is 2.47. The van der Waals surface area contributed by atoms with Crippen molar-refractivity contribution in [2.45, 2.75) is 17.9 Å². The molecular formula is C11H20N4O2S. The molecule has 0 spiro atoms. The first kappa shape index (κ1) is 13.5. The second-order valence-corrected chi connectivity index (χ2v) is 6.87. The molecular weight excluding hydrogens is 252 g/mol. The molecule has 1 N–H and O–H groups in total. The van der Waals surface area contributed by atoms with Crippen molar-refractivity contribution in [3.63, 3.8) is 0 Å². The van der Waals surface area contributed by atoms with Crippen LogP contribution in [-0.2, 0) is 17.1 Å². The summed E-state index contributed by atoms with van der Waals surface area (Å²) in [5.74, 6) is 0.391. The van der Waals surface area contributed by atoms with E-state index in [1.165, 1.54) is 16.8 Å². The molecule has 0 amide bonds. The molecule has 1 atom stereocenters. The summed E-state index contributed by atoms with van der Waals surface area (Å²) in [5, 5.41) is 3.42. The van der Waals surface area contributed by atoms with E-state index >= 15 is 0 Å². The van der Waals surface area contributed by atoms with Gasteiger partial charge < -0.3 is 9.88 Å². The second-order valence-electron chi connectivity index (χ2n) is 4.88. The van der Waals surface area contributed by atoms with Crippen molar-refractivity contribution in [2.24, 2.45) is 13.0 Å². The van der Waals surface area contributed by atoms with E-state index in [4.69, 9.17) is 0 Å². The van der Waals surface area contributed by atoms with Gasteiger partial charge in [-0.3, -0.25) is 0 Å². The highest BCUT2D eigenvalue weighted by Gasteiger charge is 2.26. The van der Waals surface area contributed by atoms with E-state index in [0.717, 1.165) is 25.9 Å². The van der Waals surface area contributed by atoms with E-state index in [1.54, 1.807) is 18.7 Å². The molecule has 1 aromatic rings. The average Bonchev–Trinajstić information content (AvgIpc) is 2.78. The van der Waals surface area contributed by atoms with Gasteiger partial charge in [0.15, 0.2) is 5.03 Å². The first-order chi connectivity index (χ1) is 8.50. The fraction of sp³-hybridized carbons (Fsp3) is 0.727. The maximum absolute atomic E-state index is 12.2. The Morgan fingerprint density at radius 2 is 2.39 bits per heavy atom. The van der Waals surface area contributed by atoms with Gasteiger partial charge >= 0.3 is 0 Å². The first-order valence-electron chi connectivity index (χ1n) is 6.15. The number of aromatic nitrogens is 2. The van der Waals surface area contributed by atoms with E-state index in [0.29, 0.717) is 12.5 Å². The minimum Gasteiger partial charge on any atom is -0.339 e. The molecule has 1 saturated heterocycles. The van der Waals surface area contributed by atoms with Gasteiger partial charge in [-0.15, -0.1) is 0 Å². The van der Waals surface area contributed by atoms with Crippen LogP contribution in [0.4, 0.5) is 0 Å². The van der Waals surface area contributed by atoms with Crippen molar-refractivity contribution in [3.05, 3.63) is 12.5 Å². The lowest BCUT2D eigenvalue weighted by atomic mass is 10.00. The SMILES string of the molecule is CN(CC1CCCNC1)S(=O)(=O)c1cn(C)cn1. The van der Waals surface area contributed by atoms with Gasteiger partial charge in [-0.05, 0) is 31.8 Å². The number of hydrogen-bond acceptors (Lipinski definition) is 4. The Hall–Kier alpha value is -0.920. The molecule has 1 unspecified atom stereocenters. The average molecular weight is 272 g/mol. The van der Waals surface area contributed by atoms with Gasteiger partial charge in [0.2, 0.25) is 0 Å². The maximum Gasteiger partial charge on any atom is 0.261 e. The molecule has 6 nitrogen and oxygen atoms in total. The van der Waals surface area contributed by atoms with Crippen LogP contribution in [0.15, 0.2) is 17.6 Å². The van der Waals surface area contributed by atoms with E-state index in [2.05, 4.69) is 10.3 Å². The minimum absolute atomic E-state index is 0.122. The molecule has 0 radical (unpaired) electrons. The number of imidazole rings is 1. The van der Waals surface area contributed by atoms with Gasteiger partial charge in [-0.25, -0.2) is 13.4 Å². The number of nitrogens with one attached hydrogen (secondary N) is 1. The molecule has 1 aromatic heterocycles. The van der Waals surface area contributed by atoms with Crippen LogP contribution in [0.5, 0.6) is 0 Å². The van der Waals surface area contributed by atoms with E-state index in [-0.39, 0.29) is 5.03 Å². The smallest absolute Gasteiger partial charge is 0.261 e. The number of nitrogens with zero attached hydrogens (tertiary/aromatic N) is 3. The van der Waals surface area contributed by atoms with Crippen LogP contribution in [0.3, 0.4) is 0 Å². The topological polar surface area (TPSA) is 67.2 Å². The number of rotatable bonds is 4. The van der Waals surface area contributed by atoms with Crippen LogP contribution in [0.1, 0.15) is 12.8 Å². The molecule has 0 aromatic carbocycles. The molecule has 102 valence electrons. The largest absolute Gasteiger partial charge is 0.339 e. The zero-order valence-electron chi connectivity index (χ0n) is 10.8. The van der Waals surface area contributed by atoms with E-state index in [1.807, 2.05) is 0 Å². The predicted octanol–water partition coefficient (Wildman–Crippen LogP) is 0.0402. The summed E-state index contributed by atoms with van der Waals surface area (Å²) in [4.78, 5) is 3.92. The molecule has 0 bridgehead atoms. The molecule has 1 fully saturated rings. The van der Waals surface area contributed by atoms with Crippen LogP contribution < -0.4 is 5.32 Å². The molecule has 18 heavy (non-hydrogen) atoms. The fourth-order valence-corrected chi connectivity index (χ4v) is 3.43. The fourth-order valence-electron chi connectivity index (χ4n) is 2.22. The van der Waals surface area contributed by atoms with Crippen LogP contribution in [-0.4, -0.2) is 49.0 Å². The van der Waals surface area contributed by atoms with Crippen molar-refractivity contribution in [2.75, 3.05) is 26.7 Å². The molecule has 1 aliphatic rings. The Balaban J connectivity index is 2.05.